The molecule has 2 rings (SSSR count). The molecule has 0 amide bonds. The van der Waals surface area contributed by atoms with Crippen molar-refractivity contribution in [2.45, 2.75) is 58.0 Å². The lowest BCUT2D eigenvalue weighted by molar-refractivity contribution is -0.150. The number of nitrogens with one attached hydrogen (secondary N) is 1. The van der Waals surface area contributed by atoms with E-state index in [1.54, 1.807) is 13.8 Å². The highest BCUT2D eigenvalue weighted by Crippen LogP contribution is 2.23. The summed E-state index contributed by atoms with van der Waals surface area (Å²) in [5, 5.41) is 3.42. The van der Waals surface area contributed by atoms with E-state index in [-0.39, 0.29) is 6.04 Å². The predicted molar refractivity (Wildman–Crippen MR) is 77.9 cm³/mol. The summed E-state index contributed by atoms with van der Waals surface area (Å²) < 4.78 is 38.0. The molecule has 0 radical (unpaired) electrons. The van der Waals surface area contributed by atoms with Gasteiger partial charge in [0, 0.05) is 25.2 Å². The summed E-state index contributed by atoms with van der Waals surface area (Å²) in [7, 11) is 0. The highest BCUT2D eigenvalue weighted by Gasteiger charge is 2.32. The molecule has 0 spiro atoms. The number of benzene rings is 1. The second-order valence-corrected chi connectivity index (χ2v) is 6.04. The number of hydrogen-bond donors (Lipinski definition) is 1. The topological polar surface area (TPSA) is 15.3 Å². The second-order valence-electron chi connectivity index (χ2n) is 6.04. The average Bonchev–Trinajstić information content (AvgIpc) is 3.19. The van der Waals surface area contributed by atoms with Crippen molar-refractivity contribution in [2.75, 3.05) is 6.54 Å². The molecular weight excluding hydrogens is 277 g/mol. The standard InChI is InChI=1S/C16H23F3N2/c1-12(2)21(11-16(17,18)19)10-14-6-4-3-5-13(14)9-20-15-7-8-15/h3-6,12,15,20H,7-11H2,1-2H3. The maximum absolute atomic E-state index is 12.7. The molecule has 1 fully saturated rings. The quantitative estimate of drug-likeness (QED) is 0.826. The van der Waals surface area contributed by atoms with Gasteiger partial charge in [-0.15, -0.1) is 0 Å². The van der Waals surface area contributed by atoms with Crippen molar-refractivity contribution in [1.29, 1.82) is 0 Å². The third kappa shape index (κ3) is 5.67. The number of alkyl halides is 3. The van der Waals surface area contributed by atoms with E-state index in [1.807, 2.05) is 24.3 Å². The van der Waals surface area contributed by atoms with E-state index >= 15 is 0 Å². The normalized spacial score (nSPS) is 16.0. The van der Waals surface area contributed by atoms with Gasteiger partial charge in [-0.1, -0.05) is 24.3 Å². The maximum Gasteiger partial charge on any atom is 0.401 e. The number of hydrogen-bond acceptors (Lipinski definition) is 2. The summed E-state index contributed by atoms with van der Waals surface area (Å²) in [5.74, 6) is 0. The molecule has 1 aliphatic carbocycles. The first-order valence-electron chi connectivity index (χ1n) is 7.46. The van der Waals surface area contributed by atoms with Gasteiger partial charge < -0.3 is 5.32 Å². The molecule has 5 heteroatoms. The molecule has 1 aromatic rings. The van der Waals surface area contributed by atoms with Gasteiger partial charge in [0.05, 0.1) is 6.54 Å². The molecule has 0 atom stereocenters. The van der Waals surface area contributed by atoms with Crippen LogP contribution in [0.3, 0.4) is 0 Å². The SMILES string of the molecule is CC(C)N(Cc1ccccc1CNC1CC1)CC(F)(F)F. The molecule has 1 aliphatic rings. The molecule has 0 saturated heterocycles. The first kappa shape index (κ1) is 16.3. The molecule has 0 unspecified atom stereocenters. The Kier molecular flexibility index (Phi) is 5.27. The largest absolute Gasteiger partial charge is 0.401 e. The number of halogens is 3. The van der Waals surface area contributed by atoms with Gasteiger partial charge in [0.25, 0.3) is 0 Å². The van der Waals surface area contributed by atoms with Crippen LogP contribution in [0, 0.1) is 0 Å². The summed E-state index contributed by atoms with van der Waals surface area (Å²) in [6, 6.07) is 8.20. The van der Waals surface area contributed by atoms with Crippen LogP contribution >= 0.6 is 0 Å². The minimum Gasteiger partial charge on any atom is -0.310 e. The Labute approximate surface area is 124 Å². The van der Waals surface area contributed by atoms with E-state index in [0.29, 0.717) is 12.6 Å². The lowest BCUT2D eigenvalue weighted by atomic mass is 10.1. The molecule has 1 N–H and O–H groups in total. The fraction of sp³-hybridized carbons (Fsp3) is 0.625. The van der Waals surface area contributed by atoms with Gasteiger partial charge >= 0.3 is 6.18 Å². The van der Waals surface area contributed by atoms with Crippen LogP contribution in [-0.2, 0) is 13.1 Å². The van der Waals surface area contributed by atoms with Crippen molar-refractivity contribution in [1.82, 2.24) is 10.2 Å². The molecule has 21 heavy (non-hydrogen) atoms. The summed E-state index contributed by atoms with van der Waals surface area (Å²) in [6.07, 6.45) is -1.76. The fourth-order valence-electron chi connectivity index (χ4n) is 2.30. The highest BCUT2D eigenvalue weighted by molar-refractivity contribution is 5.27. The third-order valence-corrected chi connectivity index (χ3v) is 3.76. The molecule has 0 bridgehead atoms. The zero-order chi connectivity index (χ0) is 15.5. The first-order valence-corrected chi connectivity index (χ1v) is 7.46. The Morgan fingerprint density at radius 1 is 1.19 bits per heavy atom. The van der Waals surface area contributed by atoms with Crippen LogP contribution in [0.5, 0.6) is 0 Å². The molecule has 118 valence electrons. The summed E-state index contributed by atoms with van der Waals surface area (Å²) >= 11 is 0. The molecular formula is C16H23F3N2. The van der Waals surface area contributed by atoms with E-state index in [2.05, 4.69) is 5.32 Å². The van der Waals surface area contributed by atoms with Gasteiger partial charge in [-0.05, 0) is 37.8 Å². The minimum atomic E-state index is -4.16. The first-order chi connectivity index (χ1) is 9.85. The molecule has 0 heterocycles. The van der Waals surface area contributed by atoms with E-state index in [1.165, 1.54) is 17.7 Å². The molecule has 2 nitrogen and oxygen atoms in total. The van der Waals surface area contributed by atoms with Crippen LogP contribution in [0.25, 0.3) is 0 Å². The van der Waals surface area contributed by atoms with Crippen molar-refractivity contribution in [3.63, 3.8) is 0 Å². The van der Waals surface area contributed by atoms with Crippen molar-refractivity contribution in [2.24, 2.45) is 0 Å². The van der Waals surface area contributed by atoms with E-state index < -0.39 is 12.7 Å². The van der Waals surface area contributed by atoms with Crippen LogP contribution in [-0.4, -0.2) is 29.7 Å². The molecule has 0 aliphatic heterocycles. The van der Waals surface area contributed by atoms with Crippen molar-refractivity contribution < 1.29 is 13.2 Å². The van der Waals surface area contributed by atoms with Crippen LogP contribution in [0.4, 0.5) is 13.2 Å². The van der Waals surface area contributed by atoms with Crippen LogP contribution < -0.4 is 5.32 Å². The molecule has 0 aromatic heterocycles. The summed E-state index contributed by atoms with van der Waals surface area (Å²) in [4.78, 5) is 1.47. The Morgan fingerprint density at radius 2 is 1.81 bits per heavy atom. The molecule has 1 saturated carbocycles. The van der Waals surface area contributed by atoms with Crippen LogP contribution in [0.1, 0.15) is 37.8 Å². The summed E-state index contributed by atoms with van der Waals surface area (Å²) in [6.45, 7) is 3.81. The Balaban J connectivity index is 2.04. The molecule has 1 aromatic carbocycles. The van der Waals surface area contributed by atoms with Gasteiger partial charge in [0.2, 0.25) is 0 Å². The second kappa shape index (κ2) is 6.79. The van der Waals surface area contributed by atoms with Gasteiger partial charge in [-0.2, -0.15) is 13.2 Å². The zero-order valence-corrected chi connectivity index (χ0v) is 12.6. The monoisotopic (exact) mass is 300 g/mol. The average molecular weight is 300 g/mol. The van der Waals surface area contributed by atoms with Gasteiger partial charge in [0.15, 0.2) is 0 Å². The predicted octanol–water partition coefficient (Wildman–Crippen LogP) is 3.71. The van der Waals surface area contributed by atoms with Gasteiger partial charge in [-0.3, -0.25) is 4.90 Å². The smallest absolute Gasteiger partial charge is 0.310 e. The highest BCUT2D eigenvalue weighted by atomic mass is 19.4. The van der Waals surface area contributed by atoms with Crippen LogP contribution in [0.15, 0.2) is 24.3 Å². The van der Waals surface area contributed by atoms with Crippen molar-refractivity contribution >= 4 is 0 Å². The Hall–Kier alpha value is -1.07. The lowest BCUT2D eigenvalue weighted by Crippen LogP contribution is -2.38. The third-order valence-electron chi connectivity index (χ3n) is 3.76. The zero-order valence-electron chi connectivity index (χ0n) is 12.6. The minimum absolute atomic E-state index is 0.143. The number of nitrogens with zero attached hydrogens (tertiary/aromatic N) is 1. The maximum atomic E-state index is 12.7. The number of rotatable bonds is 7. The van der Waals surface area contributed by atoms with Gasteiger partial charge in [0.1, 0.15) is 0 Å². The van der Waals surface area contributed by atoms with E-state index in [9.17, 15) is 13.2 Å². The van der Waals surface area contributed by atoms with Gasteiger partial charge in [-0.25, -0.2) is 0 Å². The summed E-state index contributed by atoms with van der Waals surface area (Å²) in [5.41, 5.74) is 2.07. The Morgan fingerprint density at radius 3 is 2.33 bits per heavy atom. The lowest BCUT2D eigenvalue weighted by Gasteiger charge is -2.28. The van der Waals surface area contributed by atoms with Crippen molar-refractivity contribution in [3.05, 3.63) is 35.4 Å². The van der Waals surface area contributed by atoms with Crippen molar-refractivity contribution in [3.8, 4) is 0 Å². The van der Waals surface area contributed by atoms with E-state index in [4.69, 9.17) is 0 Å². The fourth-order valence-corrected chi connectivity index (χ4v) is 2.30. The Bertz CT molecular complexity index is 453. The van der Waals surface area contributed by atoms with Crippen LogP contribution in [0.2, 0.25) is 0 Å². The van der Waals surface area contributed by atoms with E-state index in [0.717, 1.165) is 17.7 Å².